The number of nitrogen functional groups attached to an aromatic ring is 1. The van der Waals surface area contributed by atoms with Crippen LogP contribution in [0.25, 0.3) is 22.6 Å². The molecular formula is C16H18N6O4. The molecule has 0 spiro atoms. The molecule has 4 rings (SSSR count). The number of hydrogen-bond donors (Lipinski definition) is 5. The van der Waals surface area contributed by atoms with E-state index in [1.54, 1.807) is 0 Å². The first-order chi connectivity index (χ1) is 12.5. The van der Waals surface area contributed by atoms with Crippen molar-refractivity contribution in [2.24, 2.45) is 5.73 Å². The van der Waals surface area contributed by atoms with E-state index in [1.165, 1.54) is 10.9 Å². The van der Waals surface area contributed by atoms with E-state index in [0.717, 1.165) is 5.56 Å². The van der Waals surface area contributed by atoms with Crippen molar-refractivity contribution in [3.63, 3.8) is 0 Å². The Morgan fingerprint density at radius 1 is 1.19 bits per heavy atom. The van der Waals surface area contributed by atoms with E-state index in [2.05, 4.69) is 15.0 Å². The van der Waals surface area contributed by atoms with E-state index in [-0.39, 0.29) is 17.0 Å². The number of rotatable bonds is 3. The first-order valence-corrected chi connectivity index (χ1v) is 7.96. The molecule has 0 unspecified atom stereocenters. The lowest BCUT2D eigenvalue weighted by molar-refractivity contribution is -0.141. The van der Waals surface area contributed by atoms with E-state index in [0.29, 0.717) is 5.82 Å². The van der Waals surface area contributed by atoms with Crippen molar-refractivity contribution in [2.45, 2.75) is 24.2 Å². The van der Waals surface area contributed by atoms with Gasteiger partial charge in [0.1, 0.15) is 30.2 Å². The quantitative estimate of drug-likeness (QED) is 0.385. The van der Waals surface area contributed by atoms with E-state index in [4.69, 9.17) is 16.2 Å². The predicted molar refractivity (Wildman–Crippen MR) is 91.3 cm³/mol. The summed E-state index contributed by atoms with van der Waals surface area (Å²) in [7, 11) is 0. The fraction of sp³-hybridized carbons (Fsp3) is 0.312. The number of aromatic nitrogens is 4. The molecule has 2 aromatic heterocycles. The summed E-state index contributed by atoms with van der Waals surface area (Å²) in [6.45, 7) is -0.504. The second-order valence-corrected chi connectivity index (χ2v) is 6.11. The van der Waals surface area contributed by atoms with Gasteiger partial charge in [-0.2, -0.15) is 0 Å². The number of ether oxygens (including phenoxy) is 1. The number of anilines is 1. The third-order valence-corrected chi connectivity index (χ3v) is 4.48. The average molecular weight is 358 g/mol. The van der Waals surface area contributed by atoms with Crippen LogP contribution >= 0.6 is 0 Å². The fourth-order valence-corrected chi connectivity index (χ4v) is 3.07. The van der Waals surface area contributed by atoms with Crippen LogP contribution in [0.2, 0.25) is 0 Å². The molecule has 26 heavy (non-hydrogen) atoms. The maximum Gasteiger partial charge on any atom is 0.231 e. The van der Waals surface area contributed by atoms with Crippen molar-refractivity contribution in [3.05, 3.63) is 36.7 Å². The summed E-state index contributed by atoms with van der Waals surface area (Å²) in [6.07, 6.45) is -2.61. The summed E-state index contributed by atoms with van der Waals surface area (Å²) in [5.41, 5.74) is 13.5. The third kappa shape index (κ3) is 2.35. The van der Waals surface area contributed by atoms with Gasteiger partial charge in [-0.15, -0.1) is 0 Å². The topological polar surface area (TPSA) is 166 Å². The van der Waals surface area contributed by atoms with Crippen molar-refractivity contribution in [1.82, 2.24) is 19.5 Å². The number of nitrogens with zero attached hydrogens (tertiary/aromatic N) is 4. The van der Waals surface area contributed by atoms with Crippen molar-refractivity contribution in [3.8, 4) is 11.4 Å². The normalized spacial score (nSPS) is 28.7. The van der Waals surface area contributed by atoms with Crippen molar-refractivity contribution in [2.75, 3.05) is 12.3 Å². The highest BCUT2D eigenvalue weighted by molar-refractivity contribution is 5.84. The summed E-state index contributed by atoms with van der Waals surface area (Å²) in [4.78, 5) is 12.9. The highest BCUT2D eigenvalue weighted by Crippen LogP contribution is 2.34. The maximum atomic E-state index is 10.4. The molecule has 0 bridgehead atoms. The van der Waals surface area contributed by atoms with Crippen LogP contribution in [-0.2, 0) is 10.6 Å². The van der Waals surface area contributed by atoms with Crippen LogP contribution in [0.3, 0.4) is 0 Å². The van der Waals surface area contributed by atoms with Gasteiger partial charge in [-0.25, -0.2) is 15.0 Å². The highest BCUT2D eigenvalue weighted by atomic mass is 16.6. The van der Waals surface area contributed by atoms with Gasteiger partial charge in [0.05, 0.1) is 6.61 Å². The lowest BCUT2D eigenvalue weighted by atomic mass is 10.1. The van der Waals surface area contributed by atoms with Gasteiger partial charge in [-0.05, 0) is 0 Å². The van der Waals surface area contributed by atoms with Gasteiger partial charge < -0.3 is 25.8 Å². The highest BCUT2D eigenvalue weighted by Gasteiger charge is 2.54. The largest absolute Gasteiger partial charge is 0.394 e. The fourth-order valence-electron chi connectivity index (χ4n) is 3.07. The summed E-state index contributed by atoms with van der Waals surface area (Å²) in [6, 6.07) is 9.20. The van der Waals surface area contributed by atoms with Crippen LogP contribution < -0.4 is 11.5 Å². The average Bonchev–Trinajstić information content (AvgIpc) is 3.19. The Bertz CT molecular complexity index is 949. The second kappa shape index (κ2) is 5.97. The van der Waals surface area contributed by atoms with Crippen molar-refractivity contribution >= 4 is 17.0 Å². The maximum absolute atomic E-state index is 10.4. The molecule has 1 aliphatic heterocycles. The zero-order chi connectivity index (χ0) is 18.5. The molecule has 3 heterocycles. The molecule has 4 atom stereocenters. The zero-order valence-corrected chi connectivity index (χ0v) is 13.6. The molecule has 1 aliphatic rings. The monoisotopic (exact) mass is 358 g/mol. The first kappa shape index (κ1) is 16.8. The van der Waals surface area contributed by atoms with Gasteiger partial charge in [0.25, 0.3) is 0 Å². The molecule has 1 saturated heterocycles. The molecule has 0 aliphatic carbocycles. The van der Waals surface area contributed by atoms with Crippen LogP contribution in [0.15, 0.2) is 36.7 Å². The minimum atomic E-state index is -1.86. The van der Waals surface area contributed by atoms with Gasteiger partial charge in [0.15, 0.2) is 17.3 Å². The van der Waals surface area contributed by atoms with Crippen LogP contribution in [0, 0.1) is 0 Å². The van der Waals surface area contributed by atoms with E-state index < -0.39 is 30.8 Å². The van der Waals surface area contributed by atoms with Crippen LogP contribution in [0.4, 0.5) is 5.82 Å². The number of nitrogens with two attached hydrogens (primary N) is 2. The van der Waals surface area contributed by atoms with Crippen molar-refractivity contribution < 1.29 is 20.1 Å². The Labute approximate surface area is 147 Å². The van der Waals surface area contributed by atoms with Gasteiger partial charge in [-0.3, -0.25) is 10.3 Å². The SMILES string of the molecule is Nc1nc(-c2ccccc2)nc2c1ncn2[C@]1(N)O[C@H](CO)[C@@H](O)[C@H]1O. The number of fused-ring (bicyclic) bond motifs is 1. The minimum Gasteiger partial charge on any atom is -0.394 e. The lowest BCUT2D eigenvalue weighted by Crippen LogP contribution is -2.52. The molecule has 7 N–H and O–H groups in total. The zero-order valence-electron chi connectivity index (χ0n) is 13.6. The molecule has 1 fully saturated rings. The number of aliphatic hydroxyl groups is 3. The van der Waals surface area contributed by atoms with Gasteiger partial charge in [0.2, 0.25) is 5.85 Å². The van der Waals surface area contributed by atoms with Gasteiger partial charge in [-0.1, -0.05) is 30.3 Å². The predicted octanol–water partition coefficient (Wildman–Crippen LogP) is -1.24. The summed E-state index contributed by atoms with van der Waals surface area (Å²) in [5.74, 6) is -1.37. The molecule has 10 nitrogen and oxygen atoms in total. The number of benzene rings is 1. The number of aliphatic hydroxyl groups excluding tert-OH is 3. The molecule has 0 radical (unpaired) electrons. The Hall–Kier alpha value is -2.63. The second-order valence-electron chi connectivity index (χ2n) is 6.11. The molecular weight excluding hydrogens is 340 g/mol. The molecule has 0 saturated carbocycles. The first-order valence-electron chi connectivity index (χ1n) is 7.96. The standard InChI is InChI=1S/C16H18N6O4/c17-13-10-15(21-14(20-13)8-4-2-1-3-5-8)22(7-19-10)16(18)12(25)11(24)9(6-23)26-16/h1-5,7,9,11-12,23-25H,6,18H2,(H2,17,20,21)/t9-,11-,12-,16+/m1/s1. The third-order valence-electron chi connectivity index (χ3n) is 4.48. The Kier molecular flexibility index (Phi) is 3.86. The molecule has 10 heteroatoms. The lowest BCUT2D eigenvalue weighted by Gasteiger charge is -2.28. The van der Waals surface area contributed by atoms with Gasteiger partial charge >= 0.3 is 0 Å². The van der Waals surface area contributed by atoms with Crippen LogP contribution in [0.1, 0.15) is 0 Å². The van der Waals surface area contributed by atoms with E-state index in [1.807, 2.05) is 30.3 Å². The van der Waals surface area contributed by atoms with Crippen LogP contribution in [0.5, 0.6) is 0 Å². The Morgan fingerprint density at radius 3 is 2.58 bits per heavy atom. The molecule has 3 aromatic rings. The smallest absolute Gasteiger partial charge is 0.231 e. The van der Waals surface area contributed by atoms with E-state index in [9.17, 15) is 15.3 Å². The minimum absolute atomic E-state index is 0.142. The van der Waals surface area contributed by atoms with Crippen molar-refractivity contribution in [1.29, 1.82) is 0 Å². The molecule has 1 aromatic carbocycles. The number of hydrogen-bond acceptors (Lipinski definition) is 9. The number of imidazole rings is 1. The van der Waals surface area contributed by atoms with Gasteiger partial charge in [0, 0.05) is 5.56 Å². The molecule has 0 amide bonds. The van der Waals surface area contributed by atoms with Crippen LogP contribution in [-0.4, -0.2) is 59.8 Å². The summed E-state index contributed by atoms with van der Waals surface area (Å²) in [5, 5.41) is 29.7. The van der Waals surface area contributed by atoms with E-state index >= 15 is 0 Å². The Morgan fingerprint density at radius 2 is 1.92 bits per heavy atom. The summed E-state index contributed by atoms with van der Waals surface area (Å²) < 4.78 is 6.80. The summed E-state index contributed by atoms with van der Waals surface area (Å²) >= 11 is 0. The Balaban J connectivity index is 1.88. The molecule has 136 valence electrons.